The standard InChI is InChI=1S/C37H56O10/c1-21(2)12-9-13-22(3)14-10-15-23(4)16-11-18-37(8)19-17-27-26(7)31(24(5)25(6)32(27)47-37)45-36(43)35(42)44-20-28(38)33-29(39)30(40)34(41)46-33/h21-23,28,33,38-40H,9-20H2,1-8H3. The summed E-state index contributed by atoms with van der Waals surface area (Å²) in [5.74, 6) is -2.44. The number of rotatable bonds is 16. The number of carbonyl (C=O) groups is 3. The van der Waals surface area contributed by atoms with E-state index >= 15 is 0 Å². The third-order valence-electron chi connectivity index (χ3n) is 9.87. The van der Waals surface area contributed by atoms with Crippen molar-refractivity contribution in [3.8, 4) is 11.5 Å². The summed E-state index contributed by atoms with van der Waals surface area (Å²) in [6.45, 7) is 16.3. The van der Waals surface area contributed by atoms with Crippen molar-refractivity contribution >= 4 is 17.9 Å². The van der Waals surface area contributed by atoms with E-state index in [4.69, 9.17) is 14.2 Å². The Morgan fingerprint density at radius 1 is 0.894 bits per heavy atom. The Morgan fingerprint density at radius 3 is 2.06 bits per heavy atom. The molecule has 0 fully saturated rings. The Kier molecular flexibility index (Phi) is 13.6. The molecular formula is C37H56O10. The number of aliphatic hydroxyl groups is 3. The van der Waals surface area contributed by atoms with E-state index in [0.29, 0.717) is 17.0 Å². The number of hydrogen-bond acceptors (Lipinski definition) is 10. The summed E-state index contributed by atoms with van der Waals surface area (Å²) >= 11 is 0. The van der Waals surface area contributed by atoms with Crippen LogP contribution in [-0.2, 0) is 30.3 Å². The Balaban J connectivity index is 1.51. The van der Waals surface area contributed by atoms with Crippen LogP contribution in [0.5, 0.6) is 11.5 Å². The zero-order valence-electron chi connectivity index (χ0n) is 29.6. The van der Waals surface area contributed by atoms with Crippen LogP contribution >= 0.6 is 0 Å². The average molecular weight is 661 g/mol. The van der Waals surface area contributed by atoms with Crippen molar-refractivity contribution in [3.05, 3.63) is 33.8 Å². The topological polar surface area (TPSA) is 149 Å². The smallest absolute Gasteiger partial charge is 0.422 e. The predicted octanol–water partition coefficient (Wildman–Crippen LogP) is 7.20. The van der Waals surface area contributed by atoms with E-state index in [-0.39, 0.29) is 11.4 Å². The Morgan fingerprint density at radius 2 is 1.49 bits per heavy atom. The molecule has 264 valence electrons. The molecule has 1 aromatic carbocycles. The first-order valence-electron chi connectivity index (χ1n) is 17.3. The minimum absolute atomic E-state index is 0.259. The van der Waals surface area contributed by atoms with Gasteiger partial charge < -0.3 is 34.3 Å². The van der Waals surface area contributed by atoms with E-state index in [0.717, 1.165) is 54.4 Å². The number of hydrogen-bond donors (Lipinski definition) is 3. The predicted molar refractivity (Wildman–Crippen MR) is 177 cm³/mol. The lowest BCUT2D eigenvalue weighted by Crippen LogP contribution is -2.37. The summed E-state index contributed by atoms with van der Waals surface area (Å²) in [6.07, 6.45) is 9.35. The van der Waals surface area contributed by atoms with Gasteiger partial charge >= 0.3 is 17.9 Å². The van der Waals surface area contributed by atoms with E-state index in [9.17, 15) is 29.7 Å². The molecule has 2 aliphatic heterocycles. The molecule has 1 aromatic rings. The van der Waals surface area contributed by atoms with Crippen LogP contribution in [-0.4, -0.2) is 57.6 Å². The van der Waals surface area contributed by atoms with Gasteiger partial charge in [0, 0.05) is 5.56 Å². The maximum Gasteiger partial charge on any atom is 0.422 e. The van der Waals surface area contributed by atoms with Crippen molar-refractivity contribution in [2.75, 3.05) is 6.61 Å². The van der Waals surface area contributed by atoms with Gasteiger partial charge in [0.1, 0.15) is 29.8 Å². The second kappa shape index (κ2) is 16.7. The fourth-order valence-corrected chi connectivity index (χ4v) is 6.58. The number of esters is 3. The molecule has 10 nitrogen and oxygen atoms in total. The van der Waals surface area contributed by atoms with E-state index in [2.05, 4.69) is 39.4 Å². The van der Waals surface area contributed by atoms with Gasteiger partial charge in [0.2, 0.25) is 5.76 Å². The normalized spacial score (nSPS) is 21.1. The highest BCUT2D eigenvalue weighted by Crippen LogP contribution is 2.45. The van der Waals surface area contributed by atoms with Crippen molar-refractivity contribution in [1.82, 2.24) is 0 Å². The van der Waals surface area contributed by atoms with Crippen molar-refractivity contribution < 1.29 is 48.7 Å². The molecule has 0 radical (unpaired) electrons. The third-order valence-corrected chi connectivity index (χ3v) is 9.87. The Labute approximate surface area is 279 Å². The van der Waals surface area contributed by atoms with Crippen LogP contribution < -0.4 is 9.47 Å². The van der Waals surface area contributed by atoms with Gasteiger partial charge in [0.05, 0.1) is 0 Å². The quantitative estimate of drug-likeness (QED) is 0.0944. The SMILES string of the molecule is Cc1c(C)c2c(c(C)c1OC(=O)C(=O)OCC(O)C1OC(=O)C(O)=C1O)CCC(C)(CCCC(C)CCCC(C)CCCC(C)C)O2. The van der Waals surface area contributed by atoms with E-state index in [1.54, 1.807) is 6.92 Å². The fourth-order valence-electron chi connectivity index (χ4n) is 6.58. The molecule has 0 aromatic heterocycles. The van der Waals surface area contributed by atoms with Crippen molar-refractivity contribution in [1.29, 1.82) is 0 Å². The summed E-state index contributed by atoms with van der Waals surface area (Å²) in [5, 5.41) is 29.2. The molecule has 5 atom stereocenters. The molecule has 0 saturated heterocycles. The monoisotopic (exact) mass is 660 g/mol. The van der Waals surface area contributed by atoms with Crippen LogP contribution in [0.2, 0.25) is 0 Å². The number of fused-ring (bicyclic) bond motifs is 1. The van der Waals surface area contributed by atoms with Crippen LogP contribution in [0.15, 0.2) is 11.5 Å². The van der Waals surface area contributed by atoms with Gasteiger partial charge in [-0.2, -0.15) is 0 Å². The molecule has 2 aliphatic rings. The van der Waals surface area contributed by atoms with E-state index < -0.39 is 48.2 Å². The van der Waals surface area contributed by atoms with Gasteiger partial charge in [-0.3, -0.25) is 0 Å². The second-order valence-electron chi connectivity index (χ2n) is 14.5. The molecule has 10 heteroatoms. The number of ether oxygens (including phenoxy) is 4. The van der Waals surface area contributed by atoms with Gasteiger partial charge in [-0.05, 0) is 87.8 Å². The highest BCUT2D eigenvalue weighted by molar-refractivity contribution is 6.30. The molecule has 0 bridgehead atoms. The zero-order chi connectivity index (χ0) is 35.1. The molecule has 2 heterocycles. The number of aliphatic hydroxyl groups excluding tert-OH is 3. The first kappa shape index (κ1) is 38.2. The fraction of sp³-hybridized carbons (Fsp3) is 0.703. The highest BCUT2D eigenvalue weighted by Gasteiger charge is 2.40. The summed E-state index contributed by atoms with van der Waals surface area (Å²) in [7, 11) is 0. The lowest BCUT2D eigenvalue weighted by Gasteiger charge is -2.38. The van der Waals surface area contributed by atoms with Crippen molar-refractivity contribution in [3.63, 3.8) is 0 Å². The largest absolute Gasteiger partial charge is 0.505 e. The maximum absolute atomic E-state index is 12.6. The number of benzene rings is 1. The highest BCUT2D eigenvalue weighted by atomic mass is 16.6. The first-order valence-corrected chi connectivity index (χ1v) is 17.3. The summed E-state index contributed by atoms with van der Waals surface area (Å²) < 4.78 is 21.6. The number of carbonyl (C=O) groups excluding carboxylic acids is 3. The van der Waals surface area contributed by atoms with Gasteiger partial charge in [0.15, 0.2) is 11.9 Å². The lowest BCUT2D eigenvalue weighted by molar-refractivity contribution is -0.166. The van der Waals surface area contributed by atoms with Gasteiger partial charge in [-0.25, -0.2) is 14.4 Å². The summed E-state index contributed by atoms with van der Waals surface area (Å²) in [6, 6.07) is 0. The maximum atomic E-state index is 12.6. The third kappa shape index (κ3) is 10.1. The molecule has 3 N–H and O–H groups in total. The number of cyclic esters (lactones) is 1. The van der Waals surface area contributed by atoms with Gasteiger partial charge in [0.25, 0.3) is 0 Å². The first-order chi connectivity index (χ1) is 22.0. The molecular weight excluding hydrogens is 604 g/mol. The molecule has 3 rings (SSSR count). The van der Waals surface area contributed by atoms with E-state index in [1.165, 1.54) is 44.9 Å². The summed E-state index contributed by atoms with van der Waals surface area (Å²) in [4.78, 5) is 36.4. The van der Waals surface area contributed by atoms with E-state index in [1.807, 2.05) is 13.8 Å². The molecule has 0 saturated carbocycles. The lowest BCUT2D eigenvalue weighted by atomic mass is 9.83. The Hall–Kier alpha value is -3.27. The molecule has 47 heavy (non-hydrogen) atoms. The van der Waals surface area contributed by atoms with Crippen LogP contribution in [0, 0.1) is 38.5 Å². The zero-order valence-corrected chi connectivity index (χ0v) is 29.6. The molecule has 0 amide bonds. The molecule has 0 spiro atoms. The van der Waals surface area contributed by atoms with Crippen LogP contribution in [0.3, 0.4) is 0 Å². The minimum atomic E-state index is -1.71. The summed E-state index contributed by atoms with van der Waals surface area (Å²) in [5.41, 5.74) is 2.87. The van der Waals surface area contributed by atoms with Crippen molar-refractivity contribution in [2.45, 2.75) is 144 Å². The molecule has 5 unspecified atom stereocenters. The second-order valence-corrected chi connectivity index (χ2v) is 14.5. The van der Waals surface area contributed by atoms with Crippen molar-refractivity contribution in [2.24, 2.45) is 17.8 Å². The van der Waals surface area contributed by atoms with Gasteiger partial charge in [-0.1, -0.05) is 72.6 Å². The average Bonchev–Trinajstić information content (AvgIpc) is 3.27. The Bertz CT molecular complexity index is 1310. The van der Waals surface area contributed by atoms with Crippen LogP contribution in [0.4, 0.5) is 0 Å². The van der Waals surface area contributed by atoms with Gasteiger partial charge in [-0.15, -0.1) is 0 Å². The van der Waals surface area contributed by atoms with Crippen LogP contribution in [0.25, 0.3) is 0 Å². The molecule has 0 aliphatic carbocycles. The minimum Gasteiger partial charge on any atom is -0.505 e. The van der Waals surface area contributed by atoms with Crippen LogP contribution in [0.1, 0.15) is 121 Å².